The van der Waals surface area contributed by atoms with E-state index in [1.807, 2.05) is 11.8 Å². The second-order valence-corrected chi connectivity index (χ2v) is 7.25. The molecule has 1 saturated heterocycles. The molecule has 0 aromatic heterocycles. The molecule has 1 N–H and O–H groups in total. The highest BCUT2D eigenvalue weighted by Gasteiger charge is 2.53. The zero-order chi connectivity index (χ0) is 14.4. The molecule has 0 spiro atoms. The van der Waals surface area contributed by atoms with Crippen LogP contribution < -0.4 is 5.32 Å². The maximum Gasteiger partial charge on any atom is 0.248 e. The number of hydrogen-bond acceptors (Lipinski definition) is 2. The van der Waals surface area contributed by atoms with E-state index in [9.17, 15) is 9.59 Å². The van der Waals surface area contributed by atoms with Crippen molar-refractivity contribution in [1.82, 2.24) is 10.2 Å². The van der Waals surface area contributed by atoms with E-state index in [0.29, 0.717) is 5.92 Å². The molecule has 3 fully saturated rings. The van der Waals surface area contributed by atoms with Crippen molar-refractivity contribution in [2.75, 3.05) is 13.1 Å². The van der Waals surface area contributed by atoms with Crippen LogP contribution in [0.3, 0.4) is 0 Å². The molecule has 0 aromatic carbocycles. The Morgan fingerprint density at radius 3 is 2.45 bits per heavy atom. The molecule has 20 heavy (non-hydrogen) atoms. The predicted octanol–water partition coefficient (Wildman–Crippen LogP) is 2.08. The molecule has 112 valence electrons. The molecule has 0 bridgehead atoms. The van der Waals surface area contributed by atoms with Gasteiger partial charge in [-0.3, -0.25) is 9.59 Å². The number of hydrogen-bond donors (Lipinski definition) is 1. The van der Waals surface area contributed by atoms with Crippen LogP contribution in [0.5, 0.6) is 0 Å². The summed E-state index contributed by atoms with van der Waals surface area (Å²) in [6, 6.07) is 0. The Bertz CT molecular complexity index is 424. The van der Waals surface area contributed by atoms with Crippen molar-refractivity contribution in [3.63, 3.8) is 0 Å². The van der Waals surface area contributed by atoms with Crippen LogP contribution in [0.15, 0.2) is 0 Å². The van der Waals surface area contributed by atoms with E-state index in [1.54, 1.807) is 0 Å². The Hall–Kier alpha value is -1.06. The van der Waals surface area contributed by atoms with E-state index in [-0.39, 0.29) is 23.8 Å². The second-order valence-electron chi connectivity index (χ2n) is 7.25. The molecule has 1 atom stereocenters. The topological polar surface area (TPSA) is 49.4 Å². The Balaban J connectivity index is 1.78. The lowest BCUT2D eigenvalue weighted by Gasteiger charge is -2.43. The lowest BCUT2D eigenvalue weighted by Crippen LogP contribution is -2.67. The van der Waals surface area contributed by atoms with Gasteiger partial charge < -0.3 is 10.2 Å². The van der Waals surface area contributed by atoms with Gasteiger partial charge in [-0.05, 0) is 50.4 Å². The number of carbonyl (C=O) groups is 2. The van der Waals surface area contributed by atoms with E-state index in [2.05, 4.69) is 12.2 Å². The fourth-order valence-corrected chi connectivity index (χ4v) is 4.17. The quantitative estimate of drug-likeness (QED) is 0.856. The Morgan fingerprint density at radius 2 is 1.90 bits per heavy atom. The molecular weight excluding hydrogens is 252 g/mol. The average molecular weight is 278 g/mol. The van der Waals surface area contributed by atoms with Crippen molar-refractivity contribution >= 4 is 11.8 Å². The van der Waals surface area contributed by atoms with Crippen molar-refractivity contribution in [2.24, 2.45) is 11.3 Å². The summed E-state index contributed by atoms with van der Waals surface area (Å²) >= 11 is 0. The summed E-state index contributed by atoms with van der Waals surface area (Å²) < 4.78 is 0. The maximum absolute atomic E-state index is 12.8. The normalized spacial score (nSPS) is 33.4. The SMILES string of the molecule is CCC1(CN2CC(=O)NC(C)(C3CC3)C2=O)CCCC1. The molecule has 3 aliphatic rings. The highest BCUT2D eigenvalue weighted by molar-refractivity contribution is 5.98. The zero-order valence-corrected chi connectivity index (χ0v) is 12.7. The van der Waals surface area contributed by atoms with E-state index < -0.39 is 5.54 Å². The van der Waals surface area contributed by atoms with Crippen LogP contribution in [0.25, 0.3) is 0 Å². The molecule has 3 rings (SSSR count). The summed E-state index contributed by atoms with van der Waals surface area (Å²) in [5.74, 6) is 0.519. The van der Waals surface area contributed by atoms with Crippen molar-refractivity contribution in [2.45, 2.75) is 64.3 Å². The van der Waals surface area contributed by atoms with Gasteiger partial charge in [-0.1, -0.05) is 19.8 Å². The van der Waals surface area contributed by atoms with E-state index in [4.69, 9.17) is 0 Å². The van der Waals surface area contributed by atoms with E-state index >= 15 is 0 Å². The minimum atomic E-state index is -0.636. The van der Waals surface area contributed by atoms with Gasteiger partial charge in [0.1, 0.15) is 5.54 Å². The molecular formula is C16H26N2O2. The van der Waals surface area contributed by atoms with Gasteiger partial charge >= 0.3 is 0 Å². The van der Waals surface area contributed by atoms with Gasteiger partial charge in [0.25, 0.3) is 0 Å². The first kappa shape index (κ1) is 13.9. The van der Waals surface area contributed by atoms with Crippen LogP contribution in [-0.4, -0.2) is 35.3 Å². The second kappa shape index (κ2) is 4.74. The highest BCUT2D eigenvalue weighted by atomic mass is 16.2. The van der Waals surface area contributed by atoms with Gasteiger partial charge in [0.15, 0.2) is 0 Å². The third-order valence-corrected chi connectivity index (χ3v) is 5.80. The molecule has 1 heterocycles. The fraction of sp³-hybridized carbons (Fsp3) is 0.875. The van der Waals surface area contributed by atoms with Gasteiger partial charge in [-0.25, -0.2) is 0 Å². The smallest absolute Gasteiger partial charge is 0.248 e. The first-order valence-corrected chi connectivity index (χ1v) is 8.09. The zero-order valence-electron chi connectivity index (χ0n) is 12.7. The molecule has 1 aliphatic heterocycles. The van der Waals surface area contributed by atoms with Crippen LogP contribution in [0.2, 0.25) is 0 Å². The molecule has 2 amide bonds. The minimum absolute atomic E-state index is 0.0169. The van der Waals surface area contributed by atoms with Crippen molar-refractivity contribution in [3.8, 4) is 0 Å². The highest BCUT2D eigenvalue weighted by Crippen LogP contribution is 2.44. The molecule has 4 heteroatoms. The monoisotopic (exact) mass is 278 g/mol. The summed E-state index contributed by atoms with van der Waals surface area (Å²) in [6.07, 6.45) is 8.18. The molecule has 2 aliphatic carbocycles. The number of nitrogens with one attached hydrogen (secondary N) is 1. The van der Waals surface area contributed by atoms with Gasteiger partial charge in [0, 0.05) is 6.54 Å². The average Bonchev–Trinajstić information content (AvgIpc) is 3.17. The number of piperazine rings is 1. The van der Waals surface area contributed by atoms with Crippen LogP contribution >= 0.6 is 0 Å². The van der Waals surface area contributed by atoms with Crippen LogP contribution in [0.1, 0.15) is 58.8 Å². The molecule has 0 radical (unpaired) electrons. The number of rotatable bonds is 4. The first-order valence-electron chi connectivity index (χ1n) is 8.09. The summed E-state index contributed by atoms with van der Waals surface area (Å²) in [5.41, 5.74) is -0.374. The fourth-order valence-electron chi connectivity index (χ4n) is 4.17. The van der Waals surface area contributed by atoms with Crippen LogP contribution in [0.4, 0.5) is 0 Å². The summed E-state index contributed by atoms with van der Waals surface area (Å²) in [5, 5.41) is 2.96. The standard InChI is InChI=1S/C16H26N2O2/c1-3-16(8-4-5-9-16)11-18-10-13(19)17-15(2,14(18)20)12-6-7-12/h12H,3-11H2,1-2H3,(H,17,19). The van der Waals surface area contributed by atoms with E-state index in [1.165, 1.54) is 25.7 Å². The maximum atomic E-state index is 12.8. The summed E-state index contributed by atoms with van der Waals surface area (Å²) in [6.45, 7) is 5.17. The first-order chi connectivity index (χ1) is 9.49. The van der Waals surface area contributed by atoms with Gasteiger partial charge in [0.2, 0.25) is 11.8 Å². The third-order valence-electron chi connectivity index (χ3n) is 5.80. The molecule has 0 aromatic rings. The summed E-state index contributed by atoms with van der Waals surface area (Å²) in [4.78, 5) is 26.7. The summed E-state index contributed by atoms with van der Waals surface area (Å²) in [7, 11) is 0. The lowest BCUT2D eigenvalue weighted by atomic mass is 9.81. The largest absolute Gasteiger partial charge is 0.340 e. The van der Waals surface area contributed by atoms with Crippen LogP contribution in [-0.2, 0) is 9.59 Å². The Kier molecular flexibility index (Phi) is 3.30. The number of nitrogens with zero attached hydrogens (tertiary/aromatic N) is 1. The van der Waals surface area contributed by atoms with Crippen molar-refractivity contribution in [1.29, 1.82) is 0 Å². The Labute approximate surface area is 121 Å². The van der Waals surface area contributed by atoms with Gasteiger partial charge in [-0.15, -0.1) is 0 Å². The number of amides is 2. The van der Waals surface area contributed by atoms with Gasteiger partial charge in [0.05, 0.1) is 6.54 Å². The third kappa shape index (κ3) is 2.23. The Morgan fingerprint density at radius 1 is 1.25 bits per heavy atom. The molecule has 4 nitrogen and oxygen atoms in total. The van der Waals surface area contributed by atoms with Gasteiger partial charge in [-0.2, -0.15) is 0 Å². The number of carbonyl (C=O) groups excluding carboxylic acids is 2. The predicted molar refractivity (Wildman–Crippen MR) is 77.0 cm³/mol. The van der Waals surface area contributed by atoms with Crippen molar-refractivity contribution in [3.05, 3.63) is 0 Å². The lowest BCUT2D eigenvalue weighted by molar-refractivity contribution is -0.151. The van der Waals surface area contributed by atoms with Crippen LogP contribution in [0, 0.1) is 11.3 Å². The van der Waals surface area contributed by atoms with E-state index in [0.717, 1.165) is 25.8 Å². The van der Waals surface area contributed by atoms with Crippen molar-refractivity contribution < 1.29 is 9.59 Å². The minimum Gasteiger partial charge on any atom is -0.340 e. The molecule has 1 unspecified atom stereocenters. The molecule has 2 saturated carbocycles.